The van der Waals surface area contributed by atoms with Crippen LogP contribution in [-0.2, 0) is 13.2 Å². The van der Waals surface area contributed by atoms with Crippen molar-refractivity contribution in [1.82, 2.24) is 20.0 Å². The van der Waals surface area contributed by atoms with Crippen LogP contribution in [-0.4, -0.2) is 27.1 Å². The topological polar surface area (TPSA) is 62.1 Å². The van der Waals surface area contributed by atoms with Gasteiger partial charge >= 0.3 is 0 Å². The molecule has 0 fully saturated rings. The van der Waals surface area contributed by atoms with Crippen molar-refractivity contribution in [3.63, 3.8) is 0 Å². The monoisotopic (exact) mass is 380 g/mol. The number of hydrogen-bond acceptors (Lipinski definition) is 5. The van der Waals surface area contributed by atoms with Gasteiger partial charge in [0.25, 0.3) is 0 Å². The van der Waals surface area contributed by atoms with E-state index in [0.29, 0.717) is 18.3 Å². The highest BCUT2D eigenvalue weighted by atomic mass is 35.5. The van der Waals surface area contributed by atoms with Crippen LogP contribution in [0, 0.1) is 0 Å². The second kappa shape index (κ2) is 7.63. The third-order valence-electron chi connectivity index (χ3n) is 4.10. The highest BCUT2D eigenvalue weighted by molar-refractivity contribution is 6.30. The second-order valence-corrected chi connectivity index (χ2v) is 6.36. The maximum atomic E-state index is 6.35. The third kappa shape index (κ3) is 4.01. The molecule has 2 aromatic heterocycles. The predicted octanol–water partition coefficient (Wildman–Crippen LogP) is 4.12. The molecule has 0 saturated carbocycles. The number of para-hydroxylation sites is 1. The Morgan fingerprint density at radius 1 is 1.04 bits per heavy atom. The fraction of sp³-hybridized carbons (Fsp3) is 0.150. The number of rotatable bonds is 6. The molecule has 0 atom stereocenters. The molecule has 2 aromatic carbocycles. The van der Waals surface area contributed by atoms with E-state index in [-0.39, 0.29) is 0 Å². The van der Waals surface area contributed by atoms with Gasteiger partial charge < -0.3 is 9.47 Å². The van der Waals surface area contributed by atoms with Crippen LogP contribution in [0.25, 0.3) is 10.9 Å². The highest BCUT2D eigenvalue weighted by Crippen LogP contribution is 2.24. The Bertz CT molecular complexity index is 1070. The molecule has 0 N–H and O–H groups in total. The van der Waals surface area contributed by atoms with Crippen molar-refractivity contribution in [2.24, 2.45) is 0 Å². The number of halogens is 1. The molecule has 0 amide bonds. The fourth-order valence-electron chi connectivity index (χ4n) is 2.74. The predicted molar refractivity (Wildman–Crippen MR) is 103 cm³/mol. The van der Waals surface area contributed by atoms with Gasteiger partial charge in [-0.2, -0.15) is 0 Å². The number of aromatic nitrogens is 4. The van der Waals surface area contributed by atoms with Crippen LogP contribution in [0.15, 0.2) is 60.8 Å². The molecular formula is C20H17ClN4O2. The lowest BCUT2D eigenvalue weighted by molar-refractivity contribution is 0.301. The van der Waals surface area contributed by atoms with Crippen molar-refractivity contribution in [3.05, 3.63) is 77.2 Å². The molecule has 0 spiro atoms. The number of fused-ring (bicyclic) bond motifs is 1. The standard InChI is InChI=1S/C20H17ClN4O2/c1-26-18-7-8-19-14(10-18)9-15(20(21)22-19)11-25-12-16(23-24-25)13-27-17-5-3-2-4-6-17/h2-10,12H,11,13H2,1H3. The lowest BCUT2D eigenvalue weighted by Crippen LogP contribution is -2.02. The average Bonchev–Trinajstić information content (AvgIpc) is 3.15. The Balaban J connectivity index is 1.50. The van der Waals surface area contributed by atoms with Crippen molar-refractivity contribution >= 4 is 22.5 Å². The smallest absolute Gasteiger partial charge is 0.134 e. The number of pyridine rings is 1. The van der Waals surface area contributed by atoms with Crippen molar-refractivity contribution in [1.29, 1.82) is 0 Å². The Morgan fingerprint density at radius 3 is 2.70 bits per heavy atom. The summed E-state index contributed by atoms with van der Waals surface area (Å²) < 4.78 is 12.7. The molecule has 4 aromatic rings. The second-order valence-electron chi connectivity index (χ2n) is 6.01. The van der Waals surface area contributed by atoms with E-state index in [1.807, 2.05) is 60.8 Å². The van der Waals surface area contributed by atoms with E-state index in [1.54, 1.807) is 11.8 Å². The molecule has 27 heavy (non-hydrogen) atoms. The maximum absolute atomic E-state index is 6.35. The molecule has 4 rings (SSSR count). The summed E-state index contributed by atoms with van der Waals surface area (Å²) in [4.78, 5) is 4.45. The van der Waals surface area contributed by atoms with Gasteiger partial charge in [0.2, 0.25) is 0 Å². The Hall–Kier alpha value is -3.12. The summed E-state index contributed by atoms with van der Waals surface area (Å²) >= 11 is 6.35. The van der Waals surface area contributed by atoms with Crippen molar-refractivity contribution in [2.45, 2.75) is 13.2 Å². The van der Waals surface area contributed by atoms with E-state index in [4.69, 9.17) is 21.1 Å². The van der Waals surface area contributed by atoms with Crippen LogP contribution in [0.3, 0.4) is 0 Å². The van der Waals surface area contributed by atoms with Gasteiger partial charge in [-0.15, -0.1) is 5.10 Å². The van der Waals surface area contributed by atoms with Crippen LogP contribution in [0.2, 0.25) is 5.15 Å². The van der Waals surface area contributed by atoms with Crippen molar-refractivity contribution in [2.75, 3.05) is 7.11 Å². The van der Waals surface area contributed by atoms with Crippen molar-refractivity contribution < 1.29 is 9.47 Å². The third-order valence-corrected chi connectivity index (χ3v) is 4.42. The number of benzene rings is 2. The fourth-order valence-corrected chi connectivity index (χ4v) is 2.95. The minimum Gasteiger partial charge on any atom is -0.497 e. The SMILES string of the molecule is COc1ccc2nc(Cl)c(Cn3cc(COc4ccccc4)nn3)cc2c1. The van der Waals surface area contributed by atoms with Gasteiger partial charge in [-0.25, -0.2) is 9.67 Å². The molecule has 0 aliphatic rings. The molecule has 136 valence electrons. The summed E-state index contributed by atoms with van der Waals surface area (Å²) in [6, 6.07) is 17.3. The maximum Gasteiger partial charge on any atom is 0.134 e. The molecule has 0 radical (unpaired) electrons. The minimum atomic E-state index is 0.352. The van der Waals surface area contributed by atoms with Gasteiger partial charge in [-0.1, -0.05) is 35.0 Å². The van der Waals surface area contributed by atoms with E-state index >= 15 is 0 Å². The molecule has 7 heteroatoms. The zero-order chi connectivity index (χ0) is 18.6. The number of hydrogen-bond donors (Lipinski definition) is 0. The van der Waals surface area contributed by atoms with Crippen LogP contribution >= 0.6 is 11.6 Å². The van der Waals surface area contributed by atoms with E-state index in [2.05, 4.69) is 15.3 Å². The summed E-state index contributed by atoms with van der Waals surface area (Å²) in [5, 5.41) is 9.71. The summed E-state index contributed by atoms with van der Waals surface area (Å²) in [6.45, 7) is 0.822. The summed E-state index contributed by atoms with van der Waals surface area (Å²) in [6.07, 6.45) is 1.84. The molecule has 0 aliphatic carbocycles. The van der Waals surface area contributed by atoms with Gasteiger partial charge in [0.1, 0.15) is 29.0 Å². The average molecular weight is 381 g/mol. The number of methoxy groups -OCH3 is 1. The molecule has 2 heterocycles. The zero-order valence-corrected chi connectivity index (χ0v) is 15.4. The molecular weight excluding hydrogens is 364 g/mol. The quantitative estimate of drug-likeness (QED) is 0.471. The Kier molecular flexibility index (Phi) is 4.89. The van der Waals surface area contributed by atoms with E-state index in [1.165, 1.54) is 0 Å². The van der Waals surface area contributed by atoms with Gasteiger partial charge in [0.15, 0.2) is 0 Å². The highest BCUT2D eigenvalue weighted by Gasteiger charge is 2.09. The first-order chi connectivity index (χ1) is 13.2. The number of nitrogens with zero attached hydrogens (tertiary/aromatic N) is 4. The van der Waals surface area contributed by atoms with Crippen LogP contribution < -0.4 is 9.47 Å². The molecule has 0 unspecified atom stereocenters. The first-order valence-electron chi connectivity index (χ1n) is 8.41. The van der Waals surface area contributed by atoms with E-state index in [9.17, 15) is 0 Å². The lowest BCUT2D eigenvalue weighted by Gasteiger charge is -2.07. The first kappa shape index (κ1) is 17.3. The summed E-state index contributed by atoms with van der Waals surface area (Å²) in [7, 11) is 1.64. The van der Waals surface area contributed by atoms with Crippen LogP contribution in [0.4, 0.5) is 0 Å². The summed E-state index contributed by atoms with van der Waals surface area (Å²) in [5.41, 5.74) is 2.42. The van der Waals surface area contributed by atoms with Gasteiger partial charge in [0.05, 0.1) is 25.4 Å². The Morgan fingerprint density at radius 2 is 1.89 bits per heavy atom. The lowest BCUT2D eigenvalue weighted by atomic mass is 10.1. The molecule has 6 nitrogen and oxygen atoms in total. The first-order valence-corrected chi connectivity index (χ1v) is 8.79. The largest absolute Gasteiger partial charge is 0.497 e. The van der Waals surface area contributed by atoms with E-state index < -0.39 is 0 Å². The molecule has 0 saturated heterocycles. The van der Waals surface area contributed by atoms with Crippen LogP contribution in [0.5, 0.6) is 11.5 Å². The Labute approximate surface area is 161 Å². The zero-order valence-electron chi connectivity index (χ0n) is 14.7. The van der Waals surface area contributed by atoms with Crippen molar-refractivity contribution in [3.8, 4) is 11.5 Å². The molecule has 0 bridgehead atoms. The van der Waals surface area contributed by atoms with Gasteiger partial charge in [-0.3, -0.25) is 0 Å². The molecule has 0 aliphatic heterocycles. The van der Waals surface area contributed by atoms with Gasteiger partial charge in [0, 0.05) is 10.9 Å². The summed E-state index contributed by atoms with van der Waals surface area (Å²) in [5.74, 6) is 1.57. The normalized spacial score (nSPS) is 10.9. The van der Waals surface area contributed by atoms with E-state index in [0.717, 1.165) is 33.7 Å². The number of ether oxygens (including phenoxy) is 2. The van der Waals surface area contributed by atoms with Gasteiger partial charge in [-0.05, 0) is 36.4 Å². The minimum absolute atomic E-state index is 0.352. The van der Waals surface area contributed by atoms with Crippen LogP contribution in [0.1, 0.15) is 11.3 Å².